The highest BCUT2D eigenvalue weighted by atomic mass is 16.3. The van der Waals surface area contributed by atoms with E-state index in [4.69, 9.17) is 0 Å². The molecule has 0 bridgehead atoms. The monoisotopic (exact) mass is 256 g/mol. The summed E-state index contributed by atoms with van der Waals surface area (Å²) in [5.41, 5.74) is 5.80. The summed E-state index contributed by atoms with van der Waals surface area (Å²) in [4.78, 5) is 4.68. The lowest BCUT2D eigenvalue weighted by Gasteiger charge is -2.18. The van der Waals surface area contributed by atoms with Crippen LogP contribution in [0, 0.1) is 13.8 Å². The normalized spacial score (nSPS) is 14.5. The molecule has 3 heteroatoms. The van der Waals surface area contributed by atoms with Crippen LogP contribution < -0.4 is 0 Å². The molecule has 0 unspecified atom stereocenters. The van der Waals surface area contributed by atoms with Crippen molar-refractivity contribution in [2.75, 3.05) is 0 Å². The van der Waals surface area contributed by atoms with Gasteiger partial charge in [0.25, 0.3) is 0 Å². The number of nitrogens with zero attached hydrogens (tertiary/aromatic N) is 2. The van der Waals surface area contributed by atoms with Crippen molar-refractivity contribution in [1.29, 1.82) is 0 Å². The minimum absolute atomic E-state index is 0.0419. The largest absolute Gasteiger partial charge is 0.390 e. The predicted molar refractivity (Wildman–Crippen MR) is 76.0 cm³/mol. The van der Waals surface area contributed by atoms with Gasteiger partial charge in [-0.15, -0.1) is 0 Å². The number of benzene rings is 1. The van der Waals surface area contributed by atoms with Crippen molar-refractivity contribution >= 4 is 0 Å². The van der Waals surface area contributed by atoms with Gasteiger partial charge in [0.05, 0.1) is 12.3 Å². The third kappa shape index (κ3) is 2.08. The van der Waals surface area contributed by atoms with Crippen LogP contribution in [0.4, 0.5) is 0 Å². The van der Waals surface area contributed by atoms with Gasteiger partial charge in [-0.25, -0.2) is 4.98 Å². The van der Waals surface area contributed by atoms with E-state index in [1.807, 2.05) is 0 Å². The van der Waals surface area contributed by atoms with E-state index in [0.717, 1.165) is 24.5 Å². The Morgan fingerprint density at radius 3 is 2.84 bits per heavy atom. The molecule has 0 spiro atoms. The highest BCUT2D eigenvalue weighted by Gasteiger charge is 2.21. The van der Waals surface area contributed by atoms with Gasteiger partial charge in [0.2, 0.25) is 0 Å². The third-order valence-corrected chi connectivity index (χ3v) is 3.97. The molecule has 1 aliphatic heterocycles. The molecule has 2 aromatic rings. The summed E-state index contributed by atoms with van der Waals surface area (Å²) in [5.74, 6) is 1.02. The summed E-state index contributed by atoms with van der Waals surface area (Å²) >= 11 is 0. The van der Waals surface area contributed by atoms with Crippen molar-refractivity contribution in [2.45, 2.75) is 46.3 Å². The Morgan fingerprint density at radius 2 is 2.11 bits per heavy atom. The van der Waals surface area contributed by atoms with Crippen LogP contribution in [0.15, 0.2) is 18.2 Å². The number of hydrogen-bond acceptors (Lipinski definition) is 2. The van der Waals surface area contributed by atoms with Gasteiger partial charge in [-0.2, -0.15) is 0 Å². The Bertz CT molecular complexity index is 613. The van der Waals surface area contributed by atoms with Crippen LogP contribution in [0.5, 0.6) is 0 Å². The maximum atomic E-state index is 9.49. The zero-order chi connectivity index (χ0) is 13.4. The SMILES string of the molecule is Cc1ccc(-c2nc(CO)c3n2CCCC3)c(C)c1. The van der Waals surface area contributed by atoms with Crippen LogP contribution in [0.1, 0.15) is 35.4 Å². The molecule has 19 heavy (non-hydrogen) atoms. The Hall–Kier alpha value is -1.61. The van der Waals surface area contributed by atoms with Crippen LogP contribution >= 0.6 is 0 Å². The van der Waals surface area contributed by atoms with Gasteiger partial charge in [-0.05, 0) is 38.7 Å². The van der Waals surface area contributed by atoms with Gasteiger partial charge in [-0.3, -0.25) is 0 Å². The van der Waals surface area contributed by atoms with E-state index in [0.29, 0.717) is 0 Å². The highest BCUT2D eigenvalue weighted by molar-refractivity contribution is 5.62. The fraction of sp³-hybridized carbons (Fsp3) is 0.438. The van der Waals surface area contributed by atoms with E-state index in [1.54, 1.807) is 0 Å². The summed E-state index contributed by atoms with van der Waals surface area (Å²) in [7, 11) is 0. The molecule has 3 nitrogen and oxygen atoms in total. The molecule has 1 aromatic carbocycles. The molecular weight excluding hydrogens is 236 g/mol. The van der Waals surface area contributed by atoms with E-state index in [-0.39, 0.29) is 6.61 Å². The number of aliphatic hydroxyl groups is 1. The van der Waals surface area contributed by atoms with Crippen LogP contribution in [0.25, 0.3) is 11.4 Å². The molecule has 0 fully saturated rings. The zero-order valence-corrected chi connectivity index (χ0v) is 11.6. The number of aryl methyl sites for hydroxylation is 2. The van der Waals surface area contributed by atoms with Crippen molar-refractivity contribution in [1.82, 2.24) is 9.55 Å². The number of rotatable bonds is 2. The van der Waals surface area contributed by atoms with Gasteiger partial charge in [0.1, 0.15) is 5.82 Å². The number of aromatic nitrogens is 2. The number of hydrogen-bond donors (Lipinski definition) is 1. The Labute approximate surface area is 113 Å². The Morgan fingerprint density at radius 1 is 1.26 bits per heavy atom. The predicted octanol–water partition coefficient (Wildman–Crippen LogP) is 3.00. The van der Waals surface area contributed by atoms with Crippen LogP contribution in [-0.2, 0) is 19.6 Å². The molecule has 0 saturated heterocycles. The molecule has 1 N–H and O–H groups in total. The van der Waals surface area contributed by atoms with Crippen LogP contribution in [0.2, 0.25) is 0 Å². The van der Waals surface area contributed by atoms with Gasteiger partial charge in [0.15, 0.2) is 0 Å². The van der Waals surface area contributed by atoms with Crippen LogP contribution in [0.3, 0.4) is 0 Å². The van der Waals surface area contributed by atoms with E-state index in [1.165, 1.54) is 35.2 Å². The fourth-order valence-corrected chi connectivity index (χ4v) is 3.02. The van der Waals surface area contributed by atoms with E-state index in [9.17, 15) is 5.11 Å². The summed E-state index contributed by atoms with van der Waals surface area (Å²) in [6, 6.07) is 6.47. The first-order valence-corrected chi connectivity index (χ1v) is 6.97. The second-order valence-electron chi connectivity index (χ2n) is 5.41. The van der Waals surface area contributed by atoms with Gasteiger partial charge >= 0.3 is 0 Å². The van der Waals surface area contributed by atoms with E-state index >= 15 is 0 Å². The van der Waals surface area contributed by atoms with E-state index < -0.39 is 0 Å². The molecule has 0 saturated carbocycles. The van der Waals surface area contributed by atoms with Crippen molar-refractivity contribution in [2.24, 2.45) is 0 Å². The standard InChI is InChI=1S/C16H20N2O/c1-11-6-7-13(12(2)9-11)16-17-14(10-19)15-5-3-4-8-18(15)16/h6-7,9,19H,3-5,8,10H2,1-2H3. The summed E-state index contributed by atoms with van der Waals surface area (Å²) in [5, 5.41) is 9.49. The van der Waals surface area contributed by atoms with Crippen molar-refractivity contribution in [3.63, 3.8) is 0 Å². The second-order valence-corrected chi connectivity index (χ2v) is 5.41. The Balaban J connectivity index is 2.17. The van der Waals surface area contributed by atoms with Gasteiger partial charge < -0.3 is 9.67 Å². The summed E-state index contributed by atoms with van der Waals surface area (Å²) in [6.45, 7) is 5.30. The average Bonchev–Trinajstić information content (AvgIpc) is 2.78. The maximum Gasteiger partial charge on any atom is 0.140 e. The first-order valence-electron chi connectivity index (χ1n) is 6.97. The molecule has 3 rings (SSSR count). The number of aliphatic hydroxyl groups excluding tert-OH is 1. The first kappa shape index (κ1) is 12.4. The van der Waals surface area contributed by atoms with Crippen molar-refractivity contribution in [3.05, 3.63) is 40.7 Å². The quantitative estimate of drug-likeness (QED) is 0.897. The fourth-order valence-electron chi connectivity index (χ4n) is 3.02. The molecular formula is C16H20N2O. The minimum Gasteiger partial charge on any atom is -0.390 e. The maximum absolute atomic E-state index is 9.49. The lowest BCUT2D eigenvalue weighted by Crippen LogP contribution is -2.12. The first-order chi connectivity index (χ1) is 9.20. The molecule has 0 atom stereocenters. The number of fused-ring (bicyclic) bond motifs is 1. The lowest BCUT2D eigenvalue weighted by atomic mass is 10.0. The van der Waals surface area contributed by atoms with Crippen molar-refractivity contribution in [3.8, 4) is 11.4 Å². The molecule has 100 valence electrons. The van der Waals surface area contributed by atoms with Gasteiger partial charge in [-0.1, -0.05) is 23.8 Å². The molecule has 0 amide bonds. The average molecular weight is 256 g/mol. The minimum atomic E-state index is 0.0419. The molecule has 2 heterocycles. The van der Waals surface area contributed by atoms with Crippen molar-refractivity contribution < 1.29 is 5.11 Å². The van der Waals surface area contributed by atoms with Crippen LogP contribution in [-0.4, -0.2) is 14.7 Å². The lowest BCUT2D eigenvalue weighted by molar-refractivity contribution is 0.275. The second kappa shape index (κ2) is 4.82. The van der Waals surface area contributed by atoms with E-state index in [2.05, 4.69) is 41.6 Å². The van der Waals surface area contributed by atoms with Gasteiger partial charge in [0, 0.05) is 17.8 Å². The molecule has 0 aliphatic carbocycles. The molecule has 1 aliphatic rings. The Kier molecular flexibility index (Phi) is 3.15. The smallest absolute Gasteiger partial charge is 0.140 e. The molecule has 1 aromatic heterocycles. The summed E-state index contributed by atoms with van der Waals surface area (Å²) < 4.78 is 2.30. The third-order valence-electron chi connectivity index (χ3n) is 3.97. The summed E-state index contributed by atoms with van der Waals surface area (Å²) in [6.07, 6.45) is 3.44. The molecule has 0 radical (unpaired) electrons. The zero-order valence-electron chi connectivity index (χ0n) is 11.6. The topological polar surface area (TPSA) is 38.1 Å². The highest BCUT2D eigenvalue weighted by Crippen LogP contribution is 2.29. The number of imidazole rings is 1.